The molecule has 0 saturated carbocycles. The molecular formula is C14H19NO2. The van der Waals surface area contributed by atoms with E-state index < -0.39 is 6.10 Å². The minimum absolute atomic E-state index is 0.241. The fourth-order valence-electron chi connectivity index (χ4n) is 1.59. The number of hydrogen-bond donors (Lipinski definition) is 1. The topological polar surface area (TPSA) is 32.7 Å². The molecule has 0 aliphatic carbocycles. The highest BCUT2D eigenvalue weighted by atomic mass is 16.5. The first-order valence-corrected chi connectivity index (χ1v) is 5.60. The fourth-order valence-corrected chi connectivity index (χ4v) is 1.59. The molecule has 92 valence electrons. The third-order valence-electron chi connectivity index (χ3n) is 2.42. The van der Waals surface area contributed by atoms with E-state index in [0.29, 0.717) is 6.54 Å². The van der Waals surface area contributed by atoms with Crippen molar-refractivity contribution in [2.45, 2.75) is 13.0 Å². The Morgan fingerprint density at radius 2 is 2.29 bits per heavy atom. The summed E-state index contributed by atoms with van der Waals surface area (Å²) in [6, 6.07) is 8.14. The molecule has 0 heterocycles. The largest absolute Gasteiger partial charge is 0.389 e. The van der Waals surface area contributed by atoms with Crippen molar-refractivity contribution >= 4 is 5.69 Å². The Bertz CT molecular complexity index is 384. The van der Waals surface area contributed by atoms with E-state index in [-0.39, 0.29) is 13.2 Å². The van der Waals surface area contributed by atoms with Gasteiger partial charge >= 0.3 is 0 Å². The summed E-state index contributed by atoms with van der Waals surface area (Å²) >= 11 is 0. The Labute approximate surface area is 103 Å². The average molecular weight is 233 g/mol. The van der Waals surface area contributed by atoms with Crippen LogP contribution in [0, 0.1) is 19.3 Å². The molecule has 1 unspecified atom stereocenters. The maximum absolute atomic E-state index is 9.74. The Kier molecular flexibility index (Phi) is 5.55. The maximum Gasteiger partial charge on any atom is 0.107 e. The molecule has 0 spiro atoms. The van der Waals surface area contributed by atoms with Crippen LogP contribution in [-0.2, 0) is 4.74 Å². The summed E-state index contributed by atoms with van der Waals surface area (Å²) in [5, 5.41) is 9.74. The van der Waals surface area contributed by atoms with Gasteiger partial charge in [0.25, 0.3) is 0 Å². The molecule has 1 aromatic carbocycles. The minimum atomic E-state index is -0.533. The van der Waals surface area contributed by atoms with Crippen molar-refractivity contribution in [3.8, 4) is 12.3 Å². The van der Waals surface area contributed by atoms with E-state index in [1.807, 2.05) is 37.1 Å². The van der Waals surface area contributed by atoms with Crippen molar-refractivity contribution in [2.75, 3.05) is 31.7 Å². The molecule has 0 aliphatic rings. The first-order valence-electron chi connectivity index (χ1n) is 5.60. The van der Waals surface area contributed by atoms with Gasteiger partial charge in [0.05, 0.1) is 12.7 Å². The van der Waals surface area contributed by atoms with E-state index >= 15 is 0 Å². The smallest absolute Gasteiger partial charge is 0.107 e. The number of hydrogen-bond acceptors (Lipinski definition) is 3. The number of aliphatic hydroxyl groups excluding tert-OH is 1. The molecule has 3 heteroatoms. The molecule has 0 radical (unpaired) electrons. The second kappa shape index (κ2) is 6.95. The van der Waals surface area contributed by atoms with Crippen molar-refractivity contribution in [2.24, 2.45) is 0 Å². The second-order valence-electron chi connectivity index (χ2n) is 4.09. The van der Waals surface area contributed by atoms with Crippen LogP contribution < -0.4 is 4.90 Å². The zero-order chi connectivity index (χ0) is 12.7. The molecule has 0 aromatic heterocycles. The zero-order valence-corrected chi connectivity index (χ0v) is 10.4. The number of nitrogens with zero attached hydrogens (tertiary/aromatic N) is 1. The summed E-state index contributed by atoms with van der Waals surface area (Å²) in [6.07, 6.45) is 4.52. The summed E-state index contributed by atoms with van der Waals surface area (Å²) in [5.74, 6) is 2.37. The Hall–Kier alpha value is -1.50. The van der Waals surface area contributed by atoms with Gasteiger partial charge in [-0.15, -0.1) is 6.42 Å². The molecule has 0 fully saturated rings. The summed E-state index contributed by atoms with van der Waals surface area (Å²) in [6.45, 7) is 3.07. The summed E-state index contributed by atoms with van der Waals surface area (Å²) in [5.41, 5.74) is 2.29. The zero-order valence-electron chi connectivity index (χ0n) is 10.4. The van der Waals surface area contributed by atoms with E-state index in [1.54, 1.807) is 0 Å². The number of aliphatic hydroxyl groups is 1. The number of benzene rings is 1. The standard InChI is InChI=1S/C14H19NO2/c1-4-8-17-11-14(16)10-15(3)13-7-5-6-12(2)9-13/h1,5-7,9,14,16H,8,10-11H2,2-3H3. The van der Waals surface area contributed by atoms with Gasteiger partial charge in [-0.2, -0.15) is 0 Å². The van der Waals surface area contributed by atoms with E-state index in [0.717, 1.165) is 5.69 Å². The number of anilines is 1. The van der Waals surface area contributed by atoms with Crippen LogP contribution in [0.5, 0.6) is 0 Å². The quantitative estimate of drug-likeness (QED) is 0.596. The van der Waals surface area contributed by atoms with Crippen LogP contribution >= 0.6 is 0 Å². The van der Waals surface area contributed by atoms with Gasteiger partial charge in [0.1, 0.15) is 6.61 Å². The molecule has 1 aromatic rings. The molecule has 1 N–H and O–H groups in total. The van der Waals surface area contributed by atoms with Crippen molar-refractivity contribution in [3.63, 3.8) is 0 Å². The highest BCUT2D eigenvalue weighted by Crippen LogP contribution is 2.14. The molecular weight excluding hydrogens is 214 g/mol. The minimum Gasteiger partial charge on any atom is -0.389 e. The predicted molar refractivity (Wildman–Crippen MR) is 70.1 cm³/mol. The normalized spacial score (nSPS) is 11.9. The molecule has 1 atom stereocenters. The van der Waals surface area contributed by atoms with Crippen LogP contribution in [0.25, 0.3) is 0 Å². The van der Waals surface area contributed by atoms with Gasteiger partial charge in [-0.05, 0) is 24.6 Å². The van der Waals surface area contributed by atoms with E-state index in [2.05, 4.69) is 12.0 Å². The van der Waals surface area contributed by atoms with Crippen molar-refractivity contribution in [1.29, 1.82) is 0 Å². The number of aryl methyl sites for hydroxylation is 1. The molecule has 0 amide bonds. The number of ether oxygens (including phenoxy) is 1. The first-order chi connectivity index (χ1) is 8.13. The van der Waals surface area contributed by atoms with Gasteiger partial charge in [-0.3, -0.25) is 0 Å². The maximum atomic E-state index is 9.74. The van der Waals surface area contributed by atoms with Crippen LogP contribution in [0.15, 0.2) is 24.3 Å². The first kappa shape index (κ1) is 13.6. The number of terminal acetylenes is 1. The fraction of sp³-hybridized carbons (Fsp3) is 0.429. The van der Waals surface area contributed by atoms with Crippen LogP contribution in [0.4, 0.5) is 5.69 Å². The van der Waals surface area contributed by atoms with E-state index in [1.165, 1.54) is 5.56 Å². The van der Waals surface area contributed by atoms with Crippen molar-refractivity contribution < 1.29 is 9.84 Å². The van der Waals surface area contributed by atoms with Crippen molar-refractivity contribution in [3.05, 3.63) is 29.8 Å². The summed E-state index contributed by atoms with van der Waals surface area (Å²) in [7, 11) is 1.94. The molecule has 3 nitrogen and oxygen atoms in total. The second-order valence-corrected chi connectivity index (χ2v) is 4.09. The van der Waals surface area contributed by atoms with Crippen LogP contribution in [0.3, 0.4) is 0 Å². The van der Waals surface area contributed by atoms with E-state index in [4.69, 9.17) is 11.2 Å². The lowest BCUT2D eigenvalue weighted by Crippen LogP contribution is -2.32. The Balaban J connectivity index is 2.43. The molecule has 1 rings (SSSR count). The Morgan fingerprint density at radius 3 is 2.94 bits per heavy atom. The van der Waals surface area contributed by atoms with Crippen LogP contribution in [0.1, 0.15) is 5.56 Å². The lowest BCUT2D eigenvalue weighted by atomic mass is 10.2. The van der Waals surface area contributed by atoms with Gasteiger partial charge in [0, 0.05) is 19.3 Å². The number of likely N-dealkylation sites (N-methyl/N-ethyl adjacent to an activating group) is 1. The molecule has 0 bridgehead atoms. The van der Waals surface area contributed by atoms with Gasteiger partial charge in [-0.25, -0.2) is 0 Å². The third kappa shape index (κ3) is 4.90. The lowest BCUT2D eigenvalue weighted by molar-refractivity contribution is 0.0559. The van der Waals surface area contributed by atoms with Crippen LogP contribution in [0.2, 0.25) is 0 Å². The van der Waals surface area contributed by atoms with E-state index in [9.17, 15) is 5.11 Å². The SMILES string of the molecule is C#CCOCC(O)CN(C)c1cccc(C)c1. The van der Waals surface area contributed by atoms with Crippen LogP contribution in [-0.4, -0.2) is 38.0 Å². The molecule has 0 saturated heterocycles. The molecule has 17 heavy (non-hydrogen) atoms. The highest BCUT2D eigenvalue weighted by molar-refractivity contribution is 5.47. The summed E-state index contributed by atoms with van der Waals surface area (Å²) in [4.78, 5) is 2.00. The molecule has 0 aliphatic heterocycles. The predicted octanol–water partition coefficient (Wildman–Crippen LogP) is 1.44. The monoisotopic (exact) mass is 233 g/mol. The van der Waals surface area contributed by atoms with Crippen molar-refractivity contribution in [1.82, 2.24) is 0 Å². The lowest BCUT2D eigenvalue weighted by Gasteiger charge is -2.22. The summed E-state index contributed by atoms with van der Waals surface area (Å²) < 4.78 is 5.09. The van der Waals surface area contributed by atoms with Gasteiger partial charge in [-0.1, -0.05) is 18.1 Å². The number of rotatable bonds is 6. The highest BCUT2D eigenvalue weighted by Gasteiger charge is 2.08. The third-order valence-corrected chi connectivity index (χ3v) is 2.42. The average Bonchev–Trinajstić information content (AvgIpc) is 2.29. The van der Waals surface area contributed by atoms with Gasteiger partial charge in [0.2, 0.25) is 0 Å². The van der Waals surface area contributed by atoms with Gasteiger partial charge in [0.15, 0.2) is 0 Å². The Morgan fingerprint density at radius 1 is 1.53 bits per heavy atom. The van der Waals surface area contributed by atoms with Gasteiger partial charge < -0.3 is 14.7 Å².